The van der Waals surface area contributed by atoms with E-state index in [0.717, 1.165) is 12.1 Å². The summed E-state index contributed by atoms with van der Waals surface area (Å²) in [6.07, 6.45) is 1.60. The van der Waals surface area contributed by atoms with E-state index >= 15 is 0 Å². The van der Waals surface area contributed by atoms with Crippen LogP contribution >= 0.6 is 0 Å². The van der Waals surface area contributed by atoms with E-state index in [2.05, 4.69) is 15.5 Å². The van der Waals surface area contributed by atoms with Gasteiger partial charge in [-0.25, -0.2) is 4.39 Å². The molecule has 0 aliphatic rings. The third-order valence-corrected chi connectivity index (χ3v) is 3.11. The summed E-state index contributed by atoms with van der Waals surface area (Å²) in [5.41, 5.74) is 0.926. The molecule has 1 N–H and O–H groups in total. The molecule has 0 amide bonds. The van der Waals surface area contributed by atoms with Gasteiger partial charge in [0.25, 0.3) is 0 Å². The third kappa shape index (κ3) is 3.33. The normalized spacial score (nSPS) is 12.4. The summed E-state index contributed by atoms with van der Waals surface area (Å²) in [6.45, 7) is 5.14. The molecule has 0 saturated heterocycles. The van der Waals surface area contributed by atoms with Crippen molar-refractivity contribution >= 4 is 0 Å². The first-order chi connectivity index (χ1) is 9.61. The van der Waals surface area contributed by atoms with Crippen LogP contribution in [0.15, 0.2) is 24.5 Å². The van der Waals surface area contributed by atoms with Crippen LogP contribution in [0.3, 0.4) is 0 Å². The zero-order valence-electron chi connectivity index (χ0n) is 11.9. The smallest absolute Gasteiger partial charge is 0.170 e. The summed E-state index contributed by atoms with van der Waals surface area (Å²) in [5, 5.41) is 11.0. The van der Waals surface area contributed by atoms with E-state index in [1.807, 2.05) is 20.9 Å². The number of aryl methyl sites for hydroxylation is 1. The number of benzene rings is 1. The van der Waals surface area contributed by atoms with E-state index in [1.165, 1.54) is 12.1 Å². The number of nitrogens with one attached hydrogen (secondary N) is 1. The molecule has 1 unspecified atom stereocenters. The summed E-state index contributed by atoms with van der Waals surface area (Å²) < 4.78 is 20.9. The fraction of sp³-hybridized carbons (Fsp3) is 0.429. The second-order valence-corrected chi connectivity index (χ2v) is 4.61. The van der Waals surface area contributed by atoms with E-state index < -0.39 is 0 Å². The Hall–Kier alpha value is -1.95. The quantitative estimate of drug-likeness (QED) is 0.880. The first-order valence-corrected chi connectivity index (χ1v) is 6.60. The molecule has 6 heteroatoms. The average molecular weight is 278 g/mol. The molecule has 108 valence electrons. The van der Waals surface area contributed by atoms with Gasteiger partial charge < -0.3 is 14.6 Å². The van der Waals surface area contributed by atoms with Crippen molar-refractivity contribution in [2.24, 2.45) is 7.05 Å². The molecular formula is C14H19FN4O. The second kappa shape index (κ2) is 6.47. The molecule has 2 aromatic rings. The second-order valence-electron chi connectivity index (χ2n) is 4.61. The van der Waals surface area contributed by atoms with Gasteiger partial charge in [0, 0.05) is 24.7 Å². The molecule has 20 heavy (non-hydrogen) atoms. The van der Waals surface area contributed by atoms with Crippen LogP contribution in [-0.2, 0) is 13.7 Å². The fourth-order valence-electron chi connectivity index (χ4n) is 1.99. The highest BCUT2D eigenvalue weighted by Crippen LogP contribution is 2.26. The average Bonchev–Trinajstić information content (AvgIpc) is 2.82. The lowest BCUT2D eigenvalue weighted by Crippen LogP contribution is -2.18. The van der Waals surface area contributed by atoms with Crippen molar-refractivity contribution in [3.63, 3.8) is 0 Å². The predicted octanol–water partition coefficient (Wildman–Crippen LogP) is 2.20. The standard InChI is InChI=1S/C14H19FN4O/c1-4-16-10(2)12-6-5-11(15)7-13(12)20-8-14-18-17-9-19(14)3/h5-7,9-10,16H,4,8H2,1-3H3. The number of halogens is 1. The molecule has 0 aliphatic heterocycles. The minimum atomic E-state index is -0.314. The summed E-state index contributed by atoms with van der Waals surface area (Å²) >= 11 is 0. The molecule has 1 aromatic carbocycles. The first-order valence-electron chi connectivity index (χ1n) is 6.60. The Morgan fingerprint density at radius 3 is 2.90 bits per heavy atom. The van der Waals surface area contributed by atoms with Gasteiger partial charge in [-0.3, -0.25) is 0 Å². The van der Waals surface area contributed by atoms with Gasteiger partial charge >= 0.3 is 0 Å². The van der Waals surface area contributed by atoms with Crippen LogP contribution in [0.25, 0.3) is 0 Å². The van der Waals surface area contributed by atoms with Crippen molar-refractivity contribution in [1.29, 1.82) is 0 Å². The SMILES string of the molecule is CCNC(C)c1ccc(F)cc1OCc1nncn1C. The van der Waals surface area contributed by atoms with Gasteiger partial charge in [-0.05, 0) is 19.5 Å². The molecule has 1 heterocycles. The van der Waals surface area contributed by atoms with Crippen molar-refractivity contribution in [1.82, 2.24) is 20.1 Å². The Morgan fingerprint density at radius 2 is 2.25 bits per heavy atom. The van der Waals surface area contributed by atoms with Crippen molar-refractivity contribution in [3.8, 4) is 5.75 Å². The van der Waals surface area contributed by atoms with Crippen molar-refractivity contribution in [2.75, 3.05) is 6.54 Å². The fourth-order valence-corrected chi connectivity index (χ4v) is 1.99. The van der Waals surface area contributed by atoms with Gasteiger partial charge in [-0.1, -0.05) is 13.0 Å². The van der Waals surface area contributed by atoms with E-state index in [1.54, 1.807) is 17.0 Å². The lowest BCUT2D eigenvalue weighted by Gasteiger charge is -2.17. The Labute approximate surface area is 117 Å². The monoisotopic (exact) mass is 278 g/mol. The van der Waals surface area contributed by atoms with E-state index in [9.17, 15) is 4.39 Å². The van der Waals surface area contributed by atoms with Crippen LogP contribution < -0.4 is 10.1 Å². The predicted molar refractivity (Wildman–Crippen MR) is 73.8 cm³/mol. The largest absolute Gasteiger partial charge is 0.485 e. The van der Waals surface area contributed by atoms with Gasteiger partial charge in [0.15, 0.2) is 5.82 Å². The zero-order valence-corrected chi connectivity index (χ0v) is 11.9. The van der Waals surface area contributed by atoms with Crippen LogP contribution in [-0.4, -0.2) is 21.3 Å². The number of aromatic nitrogens is 3. The first kappa shape index (κ1) is 14.5. The molecular weight excluding hydrogens is 259 g/mol. The lowest BCUT2D eigenvalue weighted by molar-refractivity contribution is 0.284. The van der Waals surface area contributed by atoms with E-state index in [-0.39, 0.29) is 18.5 Å². The molecule has 1 atom stereocenters. The maximum Gasteiger partial charge on any atom is 0.170 e. The molecule has 0 aliphatic carbocycles. The van der Waals surface area contributed by atoms with Gasteiger partial charge in [-0.15, -0.1) is 10.2 Å². The van der Waals surface area contributed by atoms with Crippen LogP contribution in [0.5, 0.6) is 5.75 Å². The minimum Gasteiger partial charge on any atom is -0.485 e. The zero-order chi connectivity index (χ0) is 14.5. The van der Waals surface area contributed by atoms with Crippen molar-refractivity contribution < 1.29 is 9.13 Å². The molecule has 0 saturated carbocycles. The molecule has 0 spiro atoms. The highest BCUT2D eigenvalue weighted by molar-refractivity contribution is 5.36. The Morgan fingerprint density at radius 1 is 1.45 bits per heavy atom. The highest BCUT2D eigenvalue weighted by Gasteiger charge is 2.13. The van der Waals surface area contributed by atoms with Crippen molar-refractivity contribution in [3.05, 3.63) is 41.7 Å². The molecule has 5 nitrogen and oxygen atoms in total. The van der Waals surface area contributed by atoms with Gasteiger partial charge in [0.05, 0.1) is 0 Å². The number of nitrogens with zero attached hydrogens (tertiary/aromatic N) is 3. The van der Waals surface area contributed by atoms with Crippen LogP contribution in [0.2, 0.25) is 0 Å². The summed E-state index contributed by atoms with van der Waals surface area (Å²) in [4.78, 5) is 0. The molecule has 0 radical (unpaired) electrons. The van der Waals surface area contributed by atoms with Crippen LogP contribution in [0.4, 0.5) is 4.39 Å². The topological polar surface area (TPSA) is 52.0 Å². The number of hydrogen-bond acceptors (Lipinski definition) is 4. The van der Waals surface area contributed by atoms with E-state index in [0.29, 0.717) is 11.6 Å². The molecule has 0 fully saturated rings. The maximum atomic E-state index is 13.4. The van der Waals surface area contributed by atoms with Crippen LogP contribution in [0.1, 0.15) is 31.3 Å². The lowest BCUT2D eigenvalue weighted by atomic mass is 10.1. The Balaban J connectivity index is 2.17. The number of hydrogen-bond donors (Lipinski definition) is 1. The minimum absolute atomic E-state index is 0.0927. The maximum absolute atomic E-state index is 13.4. The van der Waals surface area contributed by atoms with Crippen LogP contribution in [0, 0.1) is 5.82 Å². The van der Waals surface area contributed by atoms with Gasteiger partial charge in [0.1, 0.15) is 24.5 Å². The van der Waals surface area contributed by atoms with E-state index in [4.69, 9.17) is 4.74 Å². The van der Waals surface area contributed by atoms with Crippen molar-refractivity contribution in [2.45, 2.75) is 26.5 Å². The summed E-state index contributed by atoms with van der Waals surface area (Å²) in [6, 6.07) is 4.68. The Kier molecular flexibility index (Phi) is 4.68. The summed E-state index contributed by atoms with van der Waals surface area (Å²) in [7, 11) is 1.84. The highest BCUT2D eigenvalue weighted by atomic mass is 19.1. The molecule has 0 bridgehead atoms. The Bertz CT molecular complexity index is 570. The summed E-state index contributed by atoms with van der Waals surface area (Å²) in [5.74, 6) is 0.906. The van der Waals surface area contributed by atoms with Gasteiger partial charge in [-0.2, -0.15) is 0 Å². The number of rotatable bonds is 6. The third-order valence-electron chi connectivity index (χ3n) is 3.11. The number of ether oxygens (including phenoxy) is 1. The van der Waals surface area contributed by atoms with Gasteiger partial charge in [0.2, 0.25) is 0 Å². The molecule has 2 rings (SSSR count). The molecule has 1 aromatic heterocycles.